The van der Waals surface area contributed by atoms with E-state index in [1.807, 2.05) is 4.90 Å². The summed E-state index contributed by atoms with van der Waals surface area (Å²) in [6.07, 6.45) is 3.92. The zero-order chi connectivity index (χ0) is 16.9. The van der Waals surface area contributed by atoms with Crippen LogP contribution in [0.25, 0.3) is 0 Å². The molecule has 0 radical (unpaired) electrons. The number of rotatable bonds is 4. The van der Waals surface area contributed by atoms with Crippen LogP contribution in [0, 0.1) is 11.7 Å². The molecule has 0 aromatic heterocycles. The molecule has 2 atom stereocenters. The summed E-state index contributed by atoms with van der Waals surface area (Å²) in [5.74, 6) is -0.556. The summed E-state index contributed by atoms with van der Waals surface area (Å²) in [7, 11) is 0. The first-order valence-electron chi connectivity index (χ1n) is 8.73. The van der Waals surface area contributed by atoms with E-state index in [1.165, 1.54) is 6.07 Å². The van der Waals surface area contributed by atoms with Gasteiger partial charge in [0.1, 0.15) is 5.82 Å². The molecule has 0 bridgehead atoms. The van der Waals surface area contributed by atoms with Crippen LogP contribution in [0.2, 0.25) is 0 Å². The summed E-state index contributed by atoms with van der Waals surface area (Å²) in [6.45, 7) is 2.57. The van der Waals surface area contributed by atoms with Gasteiger partial charge in [0.2, 0.25) is 0 Å². The number of aliphatic hydroxyl groups is 1. The number of benzene rings is 1. The molecule has 2 unspecified atom stereocenters. The Morgan fingerprint density at radius 2 is 2.04 bits per heavy atom. The third-order valence-electron chi connectivity index (χ3n) is 5.02. The maximum atomic E-state index is 14.4. The van der Waals surface area contributed by atoms with Crippen molar-refractivity contribution >= 4 is 11.6 Å². The average Bonchev–Trinajstić information content (AvgIpc) is 2.62. The van der Waals surface area contributed by atoms with Crippen molar-refractivity contribution in [2.45, 2.75) is 31.7 Å². The molecule has 2 fully saturated rings. The lowest BCUT2D eigenvalue weighted by molar-refractivity contribution is 0.0872. The molecule has 2 aliphatic rings. The summed E-state index contributed by atoms with van der Waals surface area (Å²) in [5, 5.41) is 12.4. The van der Waals surface area contributed by atoms with E-state index in [1.54, 1.807) is 12.1 Å². The molecule has 1 heterocycles. The highest BCUT2D eigenvalue weighted by molar-refractivity contribution is 5.94. The fourth-order valence-corrected chi connectivity index (χ4v) is 3.58. The quantitative estimate of drug-likeness (QED) is 0.882. The fraction of sp³-hybridized carbons (Fsp3) is 0.611. The number of hydrogen-bond donors (Lipinski definition) is 2. The number of nitrogens with one attached hydrogen (secondary N) is 1. The van der Waals surface area contributed by atoms with Crippen molar-refractivity contribution in [1.82, 2.24) is 5.32 Å². The summed E-state index contributed by atoms with van der Waals surface area (Å²) in [6, 6.07) is 4.61. The standard InChI is InChI=1S/C18H25FN2O3/c19-15-11-13(5-6-17(15)21-7-9-24-10-8-21)18(23)20-16-4-2-1-3-14(16)12-22/h5-6,11,14,16,22H,1-4,7-10,12H2,(H,20,23). The lowest BCUT2D eigenvalue weighted by Gasteiger charge is -2.31. The van der Waals surface area contributed by atoms with E-state index in [4.69, 9.17) is 4.74 Å². The van der Waals surface area contributed by atoms with Crippen molar-refractivity contribution in [3.8, 4) is 0 Å². The number of halogens is 1. The largest absolute Gasteiger partial charge is 0.396 e. The summed E-state index contributed by atoms with van der Waals surface area (Å²) >= 11 is 0. The molecule has 1 saturated carbocycles. The number of aliphatic hydroxyl groups excluding tert-OH is 1. The second kappa shape index (κ2) is 7.94. The first kappa shape index (κ1) is 17.2. The topological polar surface area (TPSA) is 61.8 Å². The van der Waals surface area contributed by atoms with E-state index in [2.05, 4.69) is 5.32 Å². The van der Waals surface area contributed by atoms with Gasteiger partial charge in [0.25, 0.3) is 5.91 Å². The van der Waals surface area contributed by atoms with E-state index >= 15 is 0 Å². The molecule has 6 heteroatoms. The number of amides is 1. The van der Waals surface area contributed by atoms with E-state index in [-0.39, 0.29) is 30.3 Å². The van der Waals surface area contributed by atoms with Gasteiger partial charge in [-0.3, -0.25) is 4.79 Å². The van der Waals surface area contributed by atoms with Gasteiger partial charge in [-0.2, -0.15) is 0 Å². The Hall–Kier alpha value is -1.66. The molecule has 1 aromatic rings. The van der Waals surface area contributed by atoms with Crippen molar-refractivity contribution in [1.29, 1.82) is 0 Å². The van der Waals surface area contributed by atoms with Crippen LogP contribution in [-0.2, 0) is 4.74 Å². The lowest BCUT2D eigenvalue weighted by atomic mass is 9.85. The Morgan fingerprint density at radius 3 is 2.75 bits per heavy atom. The Labute approximate surface area is 141 Å². The predicted octanol–water partition coefficient (Wildman–Crippen LogP) is 1.94. The Kier molecular flexibility index (Phi) is 5.68. The number of hydrogen-bond acceptors (Lipinski definition) is 4. The van der Waals surface area contributed by atoms with Gasteiger partial charge in [0, 0.05) is 37.2 Å². The second-order valence-electron chi connectivity index (χ2n) is 6.57. The van der Waals surface area contributed by atoms with Crippen molar-refractivity contribution in [2.75, 3.05) is 37.8 Å². The van der Waals surface area contributed by atoms with Gasteiger partial charge >= 0.3 is 0 Å². The van der Waals surface area contributed by atoms with Crippen LogP contribution in [0.1, 0.15) is 36.0 Å². The first-order valence-corrected chi connectivity index (χ1v) is 8.73. The number of ether oxygens (including phenoxy) is 1. The maximum absolute atomic E-state index is 14.4. The minimum absolute atomic E-state index is 0.0294. The van der Waals surface area contributed by atoms with Crippen molar-refractivity contribution < 1.29 is 19.0 Å². The van der Waals surface area contributed by atoms with E-state index in [9.17, 15) is 14.3 Å². The molecular weight excluding hydrogens is 311 g/mol. The number of nitrogens with zero attached hydrogens (tertiary/aromatic N) is 1. The zero-order valence-electron chi connectivity index (χ0n) is 13.8. The molecule has 1 aliphatic carbocycles. The molecule has 1 saturated heterocycles. The van der Waals surface area contributed by atoms with E-state index in [0.717, 1.165) is 25.7 Å². The molecule has 2 N–H and O–H groups in total. The van der Waals surface area contributed by atoms with Gasteiger partial charge in [-0.1, -0.05) is 12.8 Å². The highest BCUT2D eigenvalue weighted by Crippen LogP contribution is 2.25. The minimum Gasteiger partial charge on any atom is -0.396 e. The Bertz CT molecular complexity index is 575. The summed E-state index contributed by atoms with van der Waals surface area (Å²) in [4.78, 5) is 14.4. The first-order chi connectivity index (χ1) is 11.7. The molecule has 132 valence electrons. The van der Waals surface area contributed by atoms with Crippen LogP contribution >= 0.6 is 0 Å². The van der Waals surface area contributed by atoms with Crippen molar-refractivity contribution in [3.63, 3.8) is 0 Å². The summed E-state index contributed by atoms with van der Waals surface area (Å²) in [5.41, 5.74) is 0.840. The normalized spacial score (nSPS) is 24.7. The highest BCUT2D eigenvalue weighted by atomic mass is 19.1. The molecule has 1 aromatic carbocycles. The van der Waals surface area contributed by atoms with Crippen LogP contribution in [0.5, 0.6) is 0 Å². The highest BCUT2D eigenvalue weighted by Gasteiger charge is 2.26. The second-order valence-corrected chi connectivity index (χ2v) is 6.57. The van der Waals surface area contributed by atoms with Crippen LogP contribution in [0.15, 0.2) is 18.2 Å². The zero-order valence-corrected chi connectivity index (χ0v) is 13.8. The van der Waals surface area contributed by atoms with Crippen LogP contribution < -0.4 is 10.2 Å². The Morgan fingerprint density at radius 1 is 1.29 bits per heavy atom. The van der Waals surface area contributed by atoms with Gasteiger partial charge < -0.3 is 20.1 Å². The molecule has 5 nitrogen and oxygen atoms in total. The SMILES string of the molecule is O=C(NC1CCCCC1CO)c1ccc(N2CCOCC2)c(F)c1. The molecule has 24 heavy (non-hydrogen) atoms. The predicted molar refractivity (Wildman–Crippen MR) is 89.7 cm³/mol. The smallest absolute Gasteiger partial charge is 0.251 e. The molecular formula is C18H25FN2O3. The maximum Gasteiger partial charge on any atom is 0.251 e. The number of anilines is 1. The number of morpholine rings is 1. The third kappa shape index (κ3) is 3.87. The monoisotopic (exact) mass is 336 g/mol. The Balaban J connectivity index is 1.67. The number of carbonyl (C=O) groups is 1. The lowest BCUT2D eigenvalue weighted by Crippen LogP contribution is -2.43. The van der Waals surface area contributed by atoms with Crippen LogP contribution in [0.4, 0.5) is 10.1 Å². The molecule has 3 rings (SSSR count). The fourth-order valence-electron chi connectivity index (χ4n) is 3.58. The minimum atomic E-state index is -0.382. The molecule has 1 aliphatic heterocycles. The third-order valence-corrected chi connectivity index (χ3v) is 5.02. The molecule has 1 amide bonds. The van der Waals surface area contributed by atoms with E-state index in [0.29, 0.717) is 37.6 Å². The number of carbonyl (C=O) groups excluding carboxylic acids is 1. The van der Waals surface area contributed by atoms with E-state index < -0.39 is 0 Å². The van der Waals surface area contributed by atoms with Gasteiger partial charge in [-0.05, 0) is 31.0 Å². The van der Waals surface area contributed by atoms with Gasteiger partial charge in [-0.25, -0.2) is 4.39 Å². The van der Waals surface area contributed by atoms with Crippen LogP contribution in [0.3, 0.4) is 0 Å². The van der Waals surface area contributed by atoms with Crippen molar-refractivity contribution in [3.05, 3.63) is 29.6 Å². The summed E-state index contributed by atoms with van der Waals surface area (Å²) < 4.78 is 19.7. The van der Waals surface area contributed by atoms with Gasteiger partial charge in [-0.15, -0.1) is 0 Å². The average molecular weight is 336 g/mol. The van der Waals surface area contributed by atoms with Crippen molar-refractivity contribution in [2.24, 2.45) is 5.92 Å². The molecule has 0 spiro atoms. The van der Waals surface area contributed by atoms with Crippen LogP contribution in [-0.4, -0.2) is 50.0 Å². The van der Waals surface area contributed by atoms with Gasteiger partial charge in [0.05, 0.1) is 18.9 Å². The van der Waals surface area contributed by atoms with Gasteiger partial charge in [0.15, 0.2) is 0 Å².